The first-order valence-electron chi connectivity index (χ1n) is 24.9. The molecule has 3 fully saturated rings. The highest BCUT2D eigenvalue weighted by atomic mass is 16.6. The number of esters is 1. The van der Waals surface area contributed by atoms with E-state index in [2.05, 4.69) is 5.32 Å². The van der Waals surface area contributed by atoms with E-state index < -0.39 is 89.7 Å². The Morgan fingerprint density at radius 2 is 1.60 bits per heavy atom. The molecular weight excluding hydrogens is 873 g/mol. The van der Waals surface area contributed by atoms with Gasteiger partial charge in [0, 0.05) is 65.4 Å². The van der Waals surface area contributed by atoms with E-state index >= 15 is 0 Å². The number of aliphatic hydroxyl groups is 2. The maximum atomic E-state index is 14.8. The Bertz CT molecular complexity index is 1880. The van der Waals surface area contributed by atoms with Gasteiger partial charge in [-0.2, -0.15) is 0 Å². The average Bonchev–Trinajstić information content (AvgIpc) is 3.30. The van der Waals surface area contributed by atoms with E-state index in [1.54, 1.807) is 41.1 Å². The molecule has 4 aliphatic rings. The molecule has 0 spiro atoms. The molecule has 3 heterocycles. The van der Waals surface area contributed by atoms with Gasteiger partial charge < -0.3 is 44.1 Å². The number of piperidine rings is 1. The lowest BCUT2D eigenvalue weighted by Gasteiger charge is -2.46. The number of cyclic esters (lactones) is 1. The Labute approximate surface area is 404 Å². The first-order chi connectivity index (χ1) is 32.2. The number of nitrogens with one attached hydrogen (secondary N) is 1. The van der Waals surface area contributed by atoms with Gasteiger partial charge >= 0.3 is 5.97 Å². The summed E-state index contributed by atoms with van der Waals surface area (Å²) < 4.78 is 29.9. The van der Waals surface area contributed by atoms with Gasteiger partial charge in [0.2, 0.25) is 11.6 Å². The van der Waals surface area contributed by atoms with Crippen LogP contribution in [0.5, 0.6) is 0 Å². The van der Waals surface area contributed by atoms with E-state index in [0.717, 1.165) is 5.57 Å². The summed E-state index contributed by atoms with van der Waals surface area (Å²) in [6, 6.07) is -1.15. The third-order valence-corrected chi connectivity index (χ3v) is 14.9. The van der Waals surface area contributed by atoms with Crippen LogP contribution in [0.2, 0.25) is 0 Å². The number of rotatable bonds is 7. The predicted molar refractivity (Wildman–Crippen MR) is 257 cm³/mol. The van der Waals surface area contributed by atoms with Gasteiger partial charge in [-0.05, 0) is 107 Å². The van der Waals surface area contributed by atoms with Crippen LogP contribution in [-0.4, -0.2) is 133 Å². The smallest absolute Gasteiger partial charge is 0.329 e. The molecule has 15 heteroatoms. The number of allylic oxidation sites excluding steroid dienone is 6. The number of aliphatic hydroxyl groups excluding tert-OH is 2. The van der Waals surface area contributed by atoms with Gasteiger partial charge in [-0.3, -0.25) is 24.0 Å². The zero-order valence-electron chi connectivity index (χ0n) is 42.6. The fraction of sp³-hybridized carbons (Fsp3) is 0.736. The Morgan fingerprint density at radius 1 is 0.882 bits per heavy atom. The highest BCUT2D eigenvalue weighted by Gasteiger charge is 2.55. The van der Waals surface area contributed by atoms with Crippen molar-refractivity contribution in [2.24, 2.45) is 35.5 Å². The molecule has 68 heavy (non-hydrogen) atoms. The van der Waals surface area contributed by atoms with Gasteiger partial charge in [-0.15, -0.1) is 0 Å². The number of ether oxygens (including phenoxy) is 5. The molecule has 15 nitrogen and oxygen atoms in total. The molecule has 6 unspecified atom stereocenters. The minimum atomic E-state index is -2.01. The summed E-state index contributed by atoms with van der Waals surface area (Å²) in [6.45, 7) is 14.1. The van der Waals surface area contributed by atoms with Crippen LogP contribution in [-0.2, 0) is 52.5 Å². The molecule has 382 valence electrons. The van der Waals surface area contributed by atoms with Gasteiger partial charge in [-0.1, -0.05) is 71.1 Å². The number of Topliss-reactive ketones (excluding diaryl/α,β-unsaturated/α-hetero) is 3. The normalized spacial score (nSPS) is 37.8. The van der Waals surface area contributed by atoms with E-state index in [1.165, 1.54) is 18.9 Å². The summed E-state index contributed by atoms with van der Waals surface area (Å²) in [5.41, 5.74) is -0.742. The predicted octanol–water partition coefficient (Wildman–Crippen LogP) is 6.32. The lowest BCUT2D eigenvalue weighted by atomic mass is 9.78. The van der Waals surface area contributed by atoms with Crippen LogP contribution in [0, 0.1) is 35.5 Å². The first-order valence-corrected chi connectivity index (χ1v) is 24.9. The molecule has 2 saturated heterocycles. The van der Waals surface area contributed by atoms with Crippen molar-refractivity contribution in [2.75, 3.05) is 27.9 Å². The standard InChI is InChI=1S/C53H82N2O13/c1-31-17-13-12-14-18-32(2)44(64-9)29-40-22-20-37(7)53(68-40,54-38(8)56)50(61)51(62)55-24-16-15-19-41(55)52(63)67-45(34(4)27-39-21-23-42(57)46(28-39)65-10)30-43(58)33(3)26-36(6)48(60)49(66-11)47(59)35(5)25-31/h12-14,17-18,26,31,33-35,37,39-42,44-46,48-49,57,60H,15-16,19-25,27-30H2,1-11H3,(H,54,56)/b14-12?,17-13+,32-18?,36-26+/t31?,33-,34-,35?,37-,39?,40+,41?,42-,44+,45?,46-,48?,49+,53-/m1/s1. The minimum Gasteiger partial charge on any atom is -0.460 e. The second kappa shape index (κ2) is 26.4. The van der Waals surface area contributed by atoms with Crippen molar-refractivity contribution in [2.45, 2.75) is 187 Å². The summed E-state index contributed by atoms with van der Waals surface area (Å²) in [6.07, 6.45) is 11.2. The number of fused-ring (bicyclic) bond motifs is 3. The monoisotopic (exact) mass is 955 g/mol. The molecule has 0 aromatic heterocycles. The Morgan fingerprint density at radius 3 is 2.26 bits per heavy atom. The number of hydrogen-bond acceptors (Lipinski definition) is 13. The van der Waals surface area contributed by atoms with Crippen LogP contribution in [0.1, 0.15) is 132 Å². The molecule has 3 N–H and O–H groups in total. The van der Waals surface area contributed by atoms with E-state index in [-0.39, 0.29) is 54.8 Å². The van der Waals surface area contributed by atoms with Gasteiger partial charge in [0.15, 0.2) is 5.78 Å². The number of hydrogen-bond donors (Lipinski definition) is 3. The molecule has 2 amide bonds. The van der Waals surface area contributed by atoms with E-state index in [9.17, 15) is 39.0 Å². The molecule has 0 radical (unpaired) electrons. The van der Waals surface area contributed by atoms with Crippen LogP contribution in [0.3, 0.4) is 0 Å². The van der Waals surface area contributed by atoms with Crippen LogP contribution in [0.25, 0.3) is 0 Å². The molecule has 2 bridgehead atoms. The van der Waals surface area contributed by atoms with Crippen molar-refractivity contribution in [1.29, 1.82) is 0 Å². The Kier molecular flexibility index (Phi) is 22.0. The molecule has 3 aliphatic heterocycles. The first kappa shape index (κ1) is 56.7. The number of carbonyl (C=O) groups excluding carboxylic acids is 6. The second-order valence-corrected chi connectivity index (χ2v) is 20.3. The highest BCUT2D eigenvalue weighted by Crippen LogP contribution is 2.38. The number of nitrogens with zero attached hydrogens (tertiary/aromatic N) is 1. The Hall–Kier alpha value is -3.86. The Balaban J connectivity index is 1.75. The van der Waals surface area contributed by atoms with Gasteiger partial charge in [0.25, 0.3) is 11.7 Å². The summed E-state index contributed by atoms with van der Waals surface area (Å²) in [5.74, 6) is -5.80. The van der Waals surface area contributed by atoms with Crippen LogP contribution >= 0.6 is 0 Å². The molecule has 15 atom stereocenters. The van der Waals surface area contributed by atoms with Crippen molar-refractivity contribution >= 4 is 35.1 Å². The van der Waals surface area contributed by atoms with Crippen LogP contribution < -0.4 is 5.32 Å². The zero-order valence-corrected chi connectivity index (χ0v) is 42.6. The lowest BCUT2D eigenvalue weighted by Crippen LogP contribution is -2.67. The summed E-state index contributed by atoms with van der Waals surface area (Å²) >= 11 is 0. The minimum absolute atomic E-state index is 0.0102. The van der Waals surface area contributed by atoms with E-state index in [0.29, 0.717) is 69.8 Å². The maximum absolute atomic E-state index is 14.8. The molecule has 0 aromatic carbocycles. The fourth-order valence-electron chi connectivity index (χ4n) is 10.6. The molecule has 1 aliphatic carbocycles. The fourth-order valence-corrected chi connectivity index (χ4v) is 10.6. The van der Waals surface area contributed by atoms with Crippen molar-refractivity contribution < 1.29 is 62.7 Å². The lowest BCUT2D eigenvalue weighted by molar-refractivity contribution is -0.198. The average molecular weight is 955 g/mol. The van der Waals surface area contributed by atoms with Crippen molar-refractivity contribution in [3.8, 4) is 0 Å². The molecular formula is C53H82N2O13. The number of carbonyl (C=O) groups is 6. The topological polar surface area (TPSA) is 204 Å². The van der Waals surface area contributed by atoms with Gasteiger partial charge in [0.1, 0.15) is 30.1 Å². The number of methoxy groups -OCH3 is 3. The van der Waals surface area contributed by atoms with Crippen molar-refractivity contribution in [1.82, 2.24) is 10.2 Å². The second-order valence-electron chi connectivity index (χ2n) is 20.3. The van der Waals surface area contributed by atoms with Gasteiger partial charge in [-0.25, -0.2) is 4.79 Å². The largest absolute Gasteiger partial charge is 0.460 e. The molecule has 4 rings (SSSR count). The van der Waals surface area contributed by atoms with Crippen molar-refractivity contribution in [3.05, 3.63) is 47.6 Å². The van der Waals surface area contributed by atoms with E-state index in [4.69, 9.17) is 23.7 Å². The highest BCUT2D eigenvalue weighted by molar-refractivity contribution is 6.39. The summed E-state index contributed by atoms with van der Waals surface area (Å²) in [5, 5.41) is 24.7. The number of ketones is 3. The quantitative estimate of drug-likeness (QED) is 0.145. The summed E-state index contributed by atoms with van der Waals surface area (Å²) in [4.78, 5) is 86.0. The number of amides is 2. The SMILES string of the molecule is CO[C@H]1C[C@@H]2CC[C@@H](C)[C@@](NC(C)=O)(O2)C(=O)C(=O)N2CCCCC2C(=O)OC([C@H](C)CC2CC[C@@H](O)[C@H](OC)C2)CC(=O)[C@H](C)/C=C(\C)C(O)[C@@H](OC)C(=O)C(C)CC(C)/C=C/C=CC=C1C. The van der Waals surface area contributed by atoms with Crippen LogP contribution in [0.4, 0.5) is 0 Å². The van der Waals surface area contributed by atoms with Gasteiger partial charge in [0.05, 0.1) is 24.4 Å². The molecule has 0 aromatic rings. The third-order valence-electron chi connectivity index (χ3n) is 14.9. The van der Waals surface area contributed by atoms with E-state index in [1.807, 2.05) is 58.1 Å². The third kappa shape index (κ3) is 14.8. The molecule has 1 saturated carbocycles. The maximum Gasteiger partial charge on any atom is 0.329 e. The van der Waals surface area contributed by atoms with Crippen LogP contribution in [0.15, 0.2) is 47.6 Å². The van der Waals surface area contributed by atoms with Crippen molar-refractivity contribution in [3.63, 3.8) is 0 Å². The zero-order chi connectivity index (χ0) is 50.5. The summed E-state index contributed by atoms with van der Waals surface area (Å²) in [7, 11) is 4.53.